The van der Waals surface area contributed by atoms with Gasteiger partial charge >= 0.3 is 0 Å². The van der Waals surface area contributed by atoms with Crippen LogP contribution in [0, 0.1) is 0 Å². The van der Waals surface area contributed by atoms with Crippen LogP contribution >= 0.6 is 23.4 Å². The number of aliphatic imine (C=N–C) groups is 1. The molecule has 0 spiro atoms. The Balaban J connectivity index is 1.59. The molecule has 2 aromatic carbocycles. The molecular formula is C19H19ClN4O2S. The van der Waals surface area contributed by atoms with Gasteiger partial charge in [-0.1, -0.05) is 23.4 Å². The third kappa shape index (κ3) is 5.24. The molecule has 8 heteroatoms. The topological polar surface area (TPSA) is 73.8 Å². The lowest BCUT2D eigenvalue weighted by Gasteiger charge is -2.11. The summed E-state index contributed by atoms with van der Waals surface area (Å²) in [4.78, 5) is 30.8. The summed E-state index contributed by atoms with van der Waals surface area (Å²) in [6.45, 7) is 0. The number of carbonyl (C=O) groups is 2. The molecule has 1 aliphatic rings. The first-order valence-electron chi connectivity index (χ1n) is 8.30. The summed E-state index contributed by atoms with van der Waals surface area (Å²) in [7, 11) is 3.93. The number of amidine groups is 1. The van der Waals surface area contributed by atoms with Crippen LogP contribution in [0.5, 0.6) is 0 Å². The maximum Gasteiger partial charge on any atom is 0.240 e. The Morgan fingerprint density at radius 3 is 2.48 bits per heavy atom. The average molecular weight is 403 g/mol. The molecule has 0 aromatic heterocycles. The number of rotatable bonds is 5. The van der Waals surface area contributed by atoms with Gasteiger partial charge in [0.1, 0.15) is 5.25 Å². The summed E-state index contributed by atoms with van der Waals surface area (Å²) in [5, 5.41) is 6.09. The Kier molecular flexibility index (Phi) is 6.03. The van der Waals surface area contributed by atoms with E-state index in [0.717, 1.165) is 11.4 Å². The van der Waals surface area contributed by atoms with Crippen molar-refractivity contribution in [1.82, 2.24) is 5.32 Å². The monoisotopic (exact) mass is 402 g/mol. The Hall–Kier alpha value is -2.51. The molecule has 1 unspecified atom stereocenters. The second-order valence-corrected chi connectivity index (χ2v) is 7.81. The summed E-state index contributed by atoms with van der Waals surface area (Å²) in [5.41, 5.74) is 2.45. The minimum Gasteiger partial charge on any atom is -0.378 e. The second kappa shape index (κ2) is 8.45. The molecule has 27 heavy (non-hydrogen) atoms. The molecule has 0 saturated carbocycles. The minimum atomic E-state index is -0.503. The van der Waals surface area contributed by atoms with Crippen LogP contribution in [0.15, 0.2) is 53.5 Å². The van der Waals surface area contributed by atoms with E-state index >= 15 is 0 Å². The van der Waals surface area contributed by atoms with E-state index in [9.17, 15) is 9.59 Å². The predicted octanol–water partition coefficient (Wildman–Crippen LogP) is 3.65. The third-order valence-electron chi connectivity index (χ3n) is 3.87. The highest BCUT2D eigenvalue weighted by Crippen LogP contribution is 2.26. The largest absolute Gasteiger partial charge is 0.378 e. The Bertz CT molecular complexity index is 866. The zero-order chi connectivity index (χ0) is 19.4. The SMILES string of the molecule is CN(C)c1ccc(N=C2NC(=O)C(CC(=O)Nc3ccc(Cl)cc3)S2)cc1. The van der Waals surface area contributed by atoms with E-state index in [1.165, 1.54) is 11.8 Å². The van der Waals surface area contributed by atoms with Crippen LogP contribution in [0.1, 0.15) is 6.42 Å². The van der Waals surface area contributed by atoms with E-state index in [2.05, 4.69) is 15.6 Å². The maximum atomic E-state index is 12.2. The number of halogens is 1. The van der Waals surface area contributed by atoms with Crippen LogP contribution in [0.25, 0.3) is 0 Å². The molecule has 2 aromatic rings. The molecule has 1 fully saturated rings. The molecule has 0 aliphatic carbocycles. The van der Waals surface area contributed by atoms with Crippen LogP contribution in [0.3, 0.4) is 0 Å². The molecule has 1 saturated heterocycles. The average Bonchev–Trinajstić information content (AvgIpc) is 2.96. The van der Waals surface area contributed by atoms with Crippen molar-refractivity contribution in [1.29, 1.82) is 0 Å². The van der Waals surface area contributed by atoms with Crippen molar-refractivity contribution in [2.45, 2.75) is 11.7 Å². The third-order valence-corrected chi connectivity index (χ3v) is 5.21. The van der Waals surface area contributed by atoms with Crippen molar-refractivity contribution in [3.63, 3.8) is 0 Å². The lowest BCUT2D eigenvalue weighted by Crippen LogP contribution is -2.28. The summed E-state index contributed by atoms with van der Waals surface area (Å²) < 4.78 is 0. The Morgan fingerprint density at radius 2 is 1.85 bits per heavy atom. The van der Waals surface area contributed by atoms with Gasteiger partial charge in [-0.2, -0.15) is 0 Å². The number of amides is 2. The first kappa shape index (κ1) is 19.3. The van der Waals surface area contributed by atoms with Gasteiger partial charge in [0.2, 0.25) is 11.8 Å². The molecule has 0 radical (unpaired) electrons. The summed E-state index contributed by atoms with van der Waals surface area (Å²) in [6.07, 6.45) is 0.0672. The van der Waals surface area contributed by atoms with E-state index in [1.54, 1.807) is 24.3 Å². The molecule has 1 atom stereocenters. The number of nitrogens with zero attached hydrogens (tertiary/aromatic N) is 2. The zero-order valence-electron chi connectivity index (χ0n) is 14.9. The fourth-order valence-electron chi connectivity index (χ4n) is 2.45. The number of benzene rings is 2. The molecule has 6 nitrogen and oxygen atoms in total. The Labute approximate surface area is 167 Å². The van der Waals surface area contributed by atoms with E-state index in [1.807, 2.05) is 43.3 Å². The van der Waals surface area contributed by atoms with Gasteiger partial charge in [0.05, 0.1) is 5.69 Å². The van der Waals surface area contributed by atoms with Crippen molar-refractivity contribution in [3.8, 4) is 0 Å². The summed E-state index contributed by atoms with van der Waals surface area (Å²) >= 11 is 7.09. The molecule has 1 aliphatic heterocycles. The highest BCUT2D eigenvalue weighted by atomic mass is 35.5. The van der Waals surface area contributed by atoms with Crippen LogP contribution in [-0.4, -0.2) is 36.3 Å². The molecule has 2 N–H and O–H groups in total. The van der Waals surface area contributed by atoms with Crippen LogP contribution < -0.4 is 15.5 Å². The number of thioether (sulfide) groups is 1. The standard InChI is InChI=1S/C19H19ClN4O2S/c1-24(2)15-9-7-14(8-10-15)22-19-23-18(26)16(27-19)11-17(25)21-13-5-3-12(20)4-6-13/h3-10,16H,11H2,1-2H3,(H,21,25)(H,22,23,26). The first-order chi connectivity index (χ1) is 12.9. The highest BCUT2D eigenvalue weighted by Gasteiger charge is 2.32. The second-order valence-electron chi connectivity index (χ2n) is 6.18. The number of carbonyl (C=O) groups excluding carboxylic acids is 2. The Morgan fingerprint density at radius 1 is 1.19 bits per heavy atom. The highest BCUT2D eigenvalue weighted by molar-refractivity contribution is 8.15. The van der Waals surface area contributed by atoms with Crippen molar-refractivity contribution in [3.05, 3.63) is 53.6 Å². The van der Waals surface area contributed by atoms with Crippen molar-refractivity contribution in [2.75, 3.05) is 24.3 Å². The van der Waals surface area contributed by atoms with E-state index in [-0.39, 0.29) is 18.2 Å². The molecule has 3 rings (SSSR count). The van der Waals surface area contributed by atoms with Gasteiger partial charge in [-0.15, -0.1) is 0 Å². The van der Waals surface area contributed by atoms with Crippen molar-refractivity contribution in [2.24, 2.45) is 4.99 Å². The van der Waals surface area contributed by atoms with E-state index in [0.29, 0.717) is 15.9 Å². The predicted molar refractivity (Wildman–Crippen MR) is 112 cm³/mol. The number of anilines is 2. The first-order valence-corrected chi connectivity index (χ1v) is 9.55. The van der Waals surface area contributed by atoms with Crippen LogP contribution in [0.2, 0.25) is 5.02 Å². The van der Waals surface area contributed by atoms with Gasteiger partial charge in [0.25, 0.3) is 0 Å². The molecular weight excluding hydrogens is 384 g/mol. The van der Waals surface area contributed by atoms with Crippen LogP contribution in [0.4, 0.5) is 17.1 Å². The van der Waals surface area contributed by atoms with E-state index < -0.39 is 5.25 Å². The fourth-order valence-corrected chi connectivity index (χ4v) is 3.56. The maximum absolute atomic E-state index is 12.2. The van der Waals surface area contributed by atoms with Crippen LogP contribution in [-0.2, 0) is 9.59 Å². The smallest absolute Gasteiger partial charge is 0.240 e. The van der Waals surface area contributed by atoms with Gasteiger partial charge in [0.15, 0.2) is 5.17 Å². The van der Waals surface area contributed by atoms with Gasteiger partial charge < -0.3 is 15.5 Å². The van der Waals surface area contributed by atoms with Gasteiger partial charge in [-0.05, 0) is 48.5 Å². The number of nitrogens with one attached hydrogen (secondary N) is 2. The number of hydrogen-bond acceptors (Lipinski definition) is 5. The molecule has 1 heterocycles. The van der Waals surface area contributed by atoms with Crippen molar-refractivity contribution < 1.29 is 9.59 Å². The lowest BCUT2D eigenvalue weighted by atomic mass is 10.2. The minimum absolute atomic E-state index is 0.0672. The molecule has 2 amide bonds. The molecule has 0 bridgehead atoms. The summed E-state index contributed by atoms with van der Waals surface area (Å²) in [5.74, 6) is -0.448. The fraction of sp³-hybridized carbons (Fsp3) is 0.211. The van der Waals surface area contributed by atoms with E-state index in [4.69, 9.17) is 11.6 Å². The lowest BCUT2D eigenvalue weighted by molar-refractivity contribution is -0.122. The normalized spacial score (nSPS) is 17.7. The molecule has 140 valence electrons. The van der Waals surface area contributed by atoms with Gasteiger partial charge in [0, 0.05) is 36.9 Å². The zero-order valence-corrected chi connectivity index (χ0v) is 16.5. The van der Waals surface area contributed by atoms with Gasteiger partial charge in [-0.3, -0.25) is 9.59 Å². The quantitative estimate of drug-likeness (QED) is 0.800. The van der Waals surface area contributed by atoms with Gasteiger partial charge in [-0.25, -0.2) is 4.99 Å². The van der Waals surface area contributed by atoms with Crippen molar-refractivity contribution >= 4 is 57.4 Å². The summed E-state index contributed by atoms with van der Waals surface area (Å²) in [6, 6.07) is 14.5. The number of hydrogen-bond donors (Lipinski definition) is 2.